The lowest BCUT2D eigenvalue weighted by molar-refractivity contribution is -0.192. The van der Waals surface area contributed by atoms with Crippen LogP contribution in [-0.4, -0.2) is 59.0 Å². The van der Waals surface area contributed by atoms with E-state index in [1.165, 1.54) is 16.8 Å². The number of aryl methyl sites for hydroxylation is 1. The van der Waals surface area contributed by atoms with Crippen LogP contribution in [0.5, 0.6) is 11.5 Å². The van der Waals surface area contributed by atoms with Gasteiger partial charge in [0.05, 0.1) is 24.5 Å². The molecule has 1 unspecified atom stereocenters. The van der Waals surface area contributed by atoms with Gasteiger partial charge in [-0.3, -0.25) is 9.58 Å². The molecule has 0 bridgehead atoms. The van der Waals surface area contributed by atoms with Crippen molar-refractivity contribution in [1.29, 1.82) is 0 Å². The molecule has 0 amide bonds. The summed E-state index contributed by atoms with van der Waals surface area (Å²) in [5, 5.41) is 11.5. The SMILES string of the molecule is COCC1c2c(cnn2C)CCN1Cc1ccc2c(c1)OCO2.O=C(O)C(F)(F)F. The zero-order valence-corrected chi connectivity index (χ0v) is 16.5. The molecule has 4 rings (SSSR count). The summed E-state index contributed by atoms with van der Waals surface area (Å²) in [5.74, 6) is -1.09. The van der Waals surface area contributed by atoms with Crippen molar-refractivity contribution in [2.24, 2.45) is 7.05 Å². The van der Waals surface area contributed by atoms with Gasteiger partial charge in [0.25, 0.3) is 0 Å². The first-order valence-corrected chi connectivity index (χ1v) is 9.13. The fraction of sp³-hybridized carbons (Fsp3) is 0.474. The summed E-state index contributed by atoms with van der Waals surface area (Å²) in [7, 11) is 3.76. The number of hydrogen-bond acceptors (Lipinski definition) is 6. The van der Waals surface area contributed by atoms with E-state index in [9.17, 15) is 13.2 Å². The van der Waals surface area contributed by atoms with Crippen LogP contribution in [0.25, 0.3) is 0 Å². The second-order valence-electron chi connectivity index (χ2n) is 6.86. The van der Waals surface area contributed by atoms with E-state index in [-0.39, 0.29) is 6.04 Å². The van der Waals surface area contributed by atoms with Crippen LogP contribution in [0.3, 0.4) is 0 Å². The van der Waals surface area contributed by atoms with Crippen molar-refractivity contribution in [3.05, 3.63) is 41.2 Å². The topological polar surface area (TPSA) is 86.0 Å². The predicted molar refractivity (Wildman–Crippen MR) is 98.2 cm³/mol. The number of fused-ring (bicyclic) bond motifs is 2. The van der Waals surface area contributed by atoms with E-state index < -0.39 is 12.1 Å². The number of methoxy groups -OCH3 is 1. The van der Waals surface area contributed by atoms with Gasteiger partial charge >= 0.3 is 12.1 Å². The lowest BCUT2D eigenvalue weighted by Crippen LogP contribution is -2.38. The first-order valence-electron chi connectivity index (χ1n) is 9.13. The highest BCUT2D eigenvalue weighted by Crippen LogP contribution is 2.35. The smallest absolute Gasteiger partial charge is 0.475 e. The monoisotopic (exact) mass is 429 g/mol. The molecule has 2 aliphatic heterocycles. The number of carboxylic acids is 1. The largest absolute Gasteiger partial charge is 0.490 e. The van der Waals surface area contributed by atoms with Crippen molar-refractivity contribution in [1.82, 2.24) is 14.7 Å². The Morgan fingerprint density at radius 3 is 2.70 bits per heavy atom. The van der Waals surface area contributed by atoms with Crippen LogP contribution in [0, 0.1) is 0 Å². The number of carboxylic acid groups (broad SMARTS) is 1. The summed E-state index contributed by atoms with van der Waals surface area (Å²) in [5.41, 5.74) is 3.82. The van der Waals surface area contributed by atoms with Crippen molar-refractivity contribution in [2.45, 2.75) is 25.2 Å². The van der Waals surface area contributed by atoms with Crippen LogP contribution < -0.4 is 9.47 Å². The van der Waals surface area contributed by atoms with Crippen LogP contribution in [0.2, 0.25) is 0 Å². The minimum absolute atomic E-state index is 0.224. The molecule has 11 heteroatoms. The molecular weight excluding hydrogens is 407 g/mol. The Kier molecular flexibility index (Phi) is 6.52. The van der Waals surface area contributed by atoms with E-state index in [4.69, 9.17) is 24.1 Å². The molecule has 0 radical (unpaired) electrons. The molecule has 0 spiro atoms. The van der Waals surface area contributed by atoms with Crippen LogP contribution in [0.1, 0.15) is 22.9 Å². The molecule has 0 saturated heterocycles. The molecule has 3 heterocycles. The Morgan fingerprint density at radius 1 is 1.33 bits per heavy atom. The fourth-order valence-corrected chi connectivity index (χ4v) is 3.51. The Bertz CT molecular complexity index is 900. The molecule has 1 aromatic carbocycles. The molecule has 1 N–H and O–H groups in total. The van der Waals surface area contributed by atoms with E-state index in [2.05, 4.69) is 22.1 Å². The molecule has 8 nitrogen and oxygen atoms in total. The van der Waals surface area contributed by atoms with Gasteiger partial charge < -0.3 is 19.3 Å². The maximum absolute atomic E-state index is 10.6. The number of halogens is 3. The standard InChI is InChI=1S/C17H21N3O3.C2HF3O2/c1-19-17-13(8-18-19)5-6-20(14(17)10-21-2)9-12-3-4-15-16(7-12)23-11-22-15;3-2(4,5)1(6)7/h3-4,7-8,14H,5-6,9-11H2,1-2H3;(H,6,7). The third kappa shape index (κ3) is 4.85. The van der Waals surface area contributed by atoms with Gasteiger partial charge in [-0.15, -0.1) is 0 Å². The number of aliphatic carboxylic acids is 1. The lowest BCUT2D eigenvalue weighted by atomic mass is 9.99. The van der Waals surface area contributed by atoms with Crippen LogP contribution in [-0.2, 0) is 29.5 Å². The Morgan fingerprint density at radius 2 is 2.03 bits per heavy atom. The van der Waals surface area contributed by atoms with Gasteiger partial charge in [0.15, 0.2) is 11.5 Å². The Hall–Kier alpha value is -2.79. The first kappa shape index (κ1) is 21.9. The molecule has 0 saturated carbocycles. The highest BCUT2D eigenvalue weighted by atomic mass is 19.4. The summed E-state index contributed by atoms with van der Waals surface area (Å²) in [6.45, 7) is 2.83. The van der Waals surface area contributed by atoms with E-state index >= 15 is 0 Å². The van der Waals surface area contributed by atoms with Gasteiger partial charge in [0.1, 0.15) is 0 Å². The van der Waals surface area contributed by atoms with Crippen molar-refractivity contribution >= 4 is 5.97 Å². The summed E-state index contributed by atoms with van der Waals surface area (Å²) in [6, 6.07) is 6.39. The summed E-state index contributed by atoms with van der Waals surface area (Å²) >= 11 is 0. The highest BCUT2D eigenvalue weighted by Gasteiger charge is 2.38. The minimum atomic E-state index is -5.08. The average Bonchev–Trinajstić information content (AvgIpc) is 3.30. The molecule has 0 aliphatic carbocycles. The number of carbonyl (C=O) groups is 1. The van der Waals surface area contributed by atoms with Gasteiger partial charge in [0.2, 0.25) is 6.79 Å². The zero-order valence-electron chi connectivity index (χ0n) is 16.5. The first-order chi connectivity index (χ1) is 14.2. The third-order valence-electron chi connectivity index (χ3n) is 4.88. The summed E-state index contributed by atoms with van der Waals surface area (Å²) < 4.78 is 50.1. The summed E-state index contributed by atoms with van der Waals surface area (Å²) in [6.07, 6.45) is -2.08. The third-order valence-corrected chi connectivity index (χ3v) is 4.88. The molecule has 2 aromatic rings. The zero-order chi connectivity index (χ0) is 21.9. The quantitative estimate of drug-likeness (QED) is 0.799. The van der Waals surface area contributed by atoms with Gasteiger partial charge in [-0.05, 0) is 29.7 Å². The molecule has 1 atom stereocenters. The van der Waals surface area contributed by atoms with Crippen LogP contribution in [0.4, 0.5) is 13.2 Å². The molecule has 164 valence electrons. The van der Waals surface area contributed by atoms with Gasteiger partial charge in [-0.25, -0.2) is 4.79 Å². The maximum atomic E-state index is 10.6. The average molecular weight is 429 g/mol. The van der Waals surface area contributed by atoms with Crippen molar-refractivity contribution in [3.63, 3.8) is 0 Å². The summed E-state index contributed by atoms with van der Waals surface area (Å²) in [4.78, 5) is 11.3. The minimum Gasteiger partial charge on any atom is -0.475 e. The van der Waals surface area contributed by atoms with E-state index in [1.807, 2.05) is 24.0 Å². The maximum Gasteiger partial charge on any atom is 0.490 e. The number of alkyl halides is 3. The second kappa shape index (κ2) is 8.92. The number of aromatic nitrogens is 2. The molecular formula is C19H22F3N3O5. The molecule has 0 fully saturated rings. The van der Waals surface area contributed by atoms with Gasteiger partial charge in [-0.1, -0.05) is 6.07 Å². The fourth-order valence-electron chi connectivity index (χ4n) is 3.51. The number of hydrogen-bond donors (Lipinski definition) is 1. The van der Waals surface area contributed by atoms with Crippen molar-refractivity contribution < 1.29 is 37.3 Å². The van der Waals surface area contributed by atoms with Gasteiger partial charge in [-0.2, -0.15) is 18.3 Å². The number of ether oxygens (including phenoxy) is 3. The van der Waals surface area contributed by atoms with Crippen molar-refractivity contribution in [2.75, 3.05) is 27.1 Å². The number of nitrogens with zero attached hydrogens (tertiary/aromatic N) is 3. The van der Waals surface area contributed by atoms with E-state index in [0.29, 0.717) is 13.4 Å². The van der Waals surface area contributed by atoms with Gasteiger partial charge in [0, 0.05) is 27.2 Å². The normalized spacial score (nSPS) is 17.8. The lowest BCUT2D eigenvalue weighted by Gasteiger charge is -2.35. The number of benzene rings is 1. The Balaban J connectivity index is 0.000000318. The second-order valence-corrected chi connectivity index (χ2v) is 6.86. The Labute approximate surface area is 170 Å². The highest BCUT2D eigenvalue weighted by molar-refractivity contribution is 5.73. The molecule has 1 aromatic heterocycles. The number of rotatable bonds is 4. The van der Waals surface area contributed by atoms with E-state index in [0.717, 1.165) is 31.0 Å². The molecule has 2 aliphatic rings. The van der Waals surface area contributed by atoms with Crippen LogP contribution >= 0.6 is 0 Å². The molecule has 30 heavy (non-hydrogen) atoms. The van der Waals surface area contributed by atoms with Crippen LogP contribution in [0.15, 0.2) is 24.4 Å². The van der Waals surface area contributed by atoms with Crippen molar-refractivity contribution in [3.8, 4) is 11.5 Å². The van der Waals surface area contributed by atoms with E-state index in [1.54, 1.807) is 7.11 Å². The predicted octanol–water partition coefficient (Wildman–Crippen LogP) is 2.53.